The molecule has 0 amide bonds. The zero-order valence-corrected chi connectivity index (χ0v) is 10.4. The summed E-state index contributed by atoms with van der Waals surface area (Å²) in [6.45, 7) is 3.18. The van der Waals surface area contributed by atoms with Crippen LogP contribution in [0.4, 0.5) is 11.8 Å². The van der Waals surface area contributed by atoms with Crippen LogP contribution in [0.1, 0.15) is 19.8 Å². The fourth-order valence-electron chi connectivity index (χ4n) is 1.70. The SMILES string of the molecule is CNc1ncc(Cl)c(NCC(C)C2CC2)n1. The first kappa shape index (κ1) is 11.5. The van der Waals surface area contributed by atoms with Crippen LogP contribution in [-0.2, 0) is 0 Å². The smallest absolute Gasteiger partial charge is 0.224 e. The Balaban J connectivity index is 1.96. The fourth-order valence-corrected chi connectivity index (χ4v) is 1.86. The molecule has 1 atom stereocenters. The molecular weight excluding hydrogens is 224 g/mol. The maximum Gasteiger partial charge on any atom is 0.224 e. The number of halogens is 1. The van der Waals surface area contributed by atoms with Crippen LogP contribution < -0.4 is 10.6 Å². The molecule has 1 aromatic heterocycles. The zero-order valence-electron chi connectivity index (χ0n) is 9.63. The van der Waals surface area contributed by atoms with E-state index in [-0.39, 0.29) is 0 Å². The number of aromatic nitrogens is 2. The van der Waals surface area contributed by atoms with Crippen molar-refractivity contribution in [2.45, 2.75) is 19.8 Å². The lowest BCUT2D eigenvalue weighted by Crippen LogP contribution is -2.14. The van der Waals surface area contributed by atoms with E-state index >= 15 is 0 Å². The second kappa shape index (κ2) is 4.87. The first-order chi connectivity index (χ1) is 7.70. The molecule has 0 radical (unpaired) electrons. The number of nitrogens with zero attached hydrogens (tertiary/aromatic N) is 2. The van der Waals surface area contributed by atoms with Crippen molar-refractivity contribution in [3.63, 3.8) is 0 Å². The fraction of sp³-hybridized carbons (Fsp3) is 0.636. The van der Waals surface area contributed by atoms with E-state index < -0.39 is 0 Å². The standard InChI is InChI=1S/C11H17ClN4/c1-7(8-3-4-8)5-14-10-9(12)6-15-11(13-2)16-10/h6-8H,3-5H2,1-2H3,(H2,13,14,15,16). The zero-order chi connectivity index (χ0) is 11.5. The van der Waals surface area contributed by atoms with Gasteiger partial charge in [-0.1, -0.05) is 18.5 Å². The Hall–Kier alpha value is -1.03. The van der Waals surface area contributed by atoms with Gasteiger partial charge in [-0.3, -0.25) is 0 Å². The van der Waals surface area contributed by atoms with Crippen molar-refractivity contribution in [2.24, 2.45) is 11.8 Å². The molecule has 0 aliphatic heterocycles. The van der Waals surface area contributed by atoms with E-state index in [0.29, 0.717) is 22.7 Å². The monoisotopic (exact) mass is 240 g/mol. The molecule has 0 bridgehead atoms. The van der Waals surface area contributed by atoms with Crippen LogP contribution in [0.15, 0.2) is 6.20 Å². The average Bonchev–Trinajstić information content (AvgIpc) is 3.11. The van der Waals surface area contributed by atoms with Crippen LogP contribution >= 0.6 is 11.6 Å². The molecule has 4 nitrogen and oxygen atoms in total. The molecule has 0 aromatic carbocycles. The van der Waals surface area contributed by atoms with Crippen molar-refractivity contribution in [1.29, 1.82) is 0 Å². The van der Waals surface area contributed by atoms with Crippen LogP contribution in [0.25, 0.3) is 0 Å². The molecule has 1 saturated carbocycles. The largest absolute Gasteiger partial charge is 0.368 e. The van der Waals surface area contributed by atoms with E-state index in [2.05, 4.69) is 27.5 Å². The Morgan fingerprint density at radius 1 is 1.56 bits per heavy atom. The van der Waals surface area contributed by atoms with Gasteiger partial charge in [0.2, 0.25) is 5.95 Å². The van der Waals surface area contributed by atoms with Crippen molar-refractivity contribution in [3.05, 3.63) is 11.2 Å². The van der Waals surface area contributed by atoms with Crippen molar-refractivity contribution < 1.29 is 0 Å². The molecule has 1 aliphatic carbocycles. The van der Waals surface area contributed by atoms with Crippen LogP contribution in [0.3, 0.4) is 0 Å². The molecule has 2 N–H and O–H groups in total. The van der Waals surface area contributed by atoms with Gasteiger partial charge in [-0.15, -0.1) is 0 Å². The van der Waals surface area contributed by atoms with E-state index in [9.17, 15) is 0 Å². The van der Waals surface area contributed by atoms with E-state index in [4.69, 9.17) is 11.6 Å². The van der Waals surface area contributed by atoms with Gasteiger partial charge in [-0.25, -0.2) is 4.98 Å². The minimum absolute atomic E-state index is 0.571. The van der Waals surface area contributed by atoms with Gasteiger partial charge in [0.05, 0.1) is 6.20 Å². The summed E-state index contributed by atoms with van der Waals surface area (Å²) in [5.74, 6) is 2.88. The highest BCUT2D eigenvalue weighted by molar-refractivity contribution is 6.32. The van der Waals surface area contributed by atoms with Crippen LogP contribution in [0.2, 0.25) is 5.02 Å². The number of anilines is 2. The molecule has 16 heavy (non-hydrogen) atoms. The highest BCUT2D eigenvalue weighted by Crippen LogP contribution is 2.36. The Morgan fingerprint density at radius 2 is 2.31 bits per heavy atom. The van der Waals surface area contributed by atoms with Crippen molar-refractivity contribution in [2.75, 3.05) is 24.2 Å². The molecule has 88 valence electrons. The predicted molar refractivity (Wildman–Crippen MR) is 67.0 cm³/mol. The molecule has 1 unspecified atom stereocenters. The van der Waals surface area contributed by atoms with Gasteiger partial charge in [0.1, 0.15) is 10.8 Å². The molecule has 1 aromatic rings. The van der Waals surface area contributed by atoms with Crippen molar-refractivity contribution in [1.82, 2.24) is 9.97 Å². The number of nitrogens with one attached hydrogen (secondary N) is 2. The summed E-state index contributed by atoms with van der Waals surface area (Å²) in [5.41, 5.74) is 0. The lowest BCUT2D eigenvalue weighted by atomic mass is 10.1. The first-order valence-electron chi connectivity index (χ1n) is 5.65. The minimum Gasteiger partial charge on any atom is -0.368 e. The second-order valence-corrected chi connectivity index (χ2v) is 4.74. The van der Waals surface area contributed by atoms with Crippen LogP contribution in [0, 0.1) is 11.8 Å². The van der Waals surface area contributed by atoms with Gasteiger partial charge >= 0.3 is 0 Å². The summed E-state index contributed by atoms with van der Waals surface area (Å²) < 4.78 is 0. The lowest BCUT2D eigenvalue weighted by molar-refractivity contribution is 0.536. The van der Waals surface area contributed by atoms with Gasteiger partial charge in [-0.2, -0.15) is 4.98 Å². The Morgan fingerprint density at radius 3 is 2.94 bits per heavy atom. The molecule has 2 rings (SSSR count). The van der Waals surface area contributed by atoms with Crippen molar-refractivity contribution >= 4 is 23.4 Å². The average molecular weight is 241 g/mol. The highest BCUT2D eigenvalue weighted by atomic mass is 35.5. The van der Waals surface area contributed by atoms with E-state index in [0.717, 1.165) is 12.5 Å². The Labute approximate surface area is 101 Å². The number of hydrogen-bond donors (Lipinski definition) is 2. The first-order valence-corrected chi connectivity index (χ1v) is 6.02. The van der Waals surface area contributed by atoms with Crippen LogP contribution in [-0.4, -0.2) is 23.6 Å². The van der Waals surface area contributed by atoms with Gasteiger partial charge in [0, 0.05) is 13.6 Å². The maximum absolute atomic E-state index is 6.02. The lowest BCUT2D eigenvalue weighted by Gasteiger charge is -2.13. The minimum atomic E-state index is 0.571. The summed E-state index contributed by atoms with van der Waals surface area (Å²) >= 11 is 6.02. The summed E-state index contributed by atoms with van der Waals surface area (Å²) in [4.78, 5) is 8.32. The molecular formula is C11H17ClN4. The molecule has 1 aliphatic rings. The van der Waals surface area contributed by atoms with Gasteiger partial charge < -0.3 is 10.6 Å². The van der Waals surface area contributed by atoms with Crippen LogP contribution in [0.5, 0.6) is 0 Å². The number of rotatable bonds is 5. The van der Waals surface area contributed by atoms with Crippen molar-refractivity contribution in [3.8, 4) is 0 Å². The third kappa shape index (κ3) is 2.76. The van der Waals surface area contributed by atoms with E-state index in [1.165, 1.54) is 12.8 Å². The molecule has 1 heterocycles. The predicted octanol–water partition coefficient (Wildman–Crippen LogP) is 2.63. The number of hydrogen-bond acceptors (Lipinski definition) is 4. The summed E-state index contributed by atoms with van der Waals surface area (Å²) in [6, 6.07) is 0. The van der Waals surface area contributed by atoms with Gasteiger partial charge in [0.25, 0.3) is 0 Å². The third-order valence-electron chi connectivity index (χ3n) is 2.99. The molecule has 1 fully saturated rings. The molecule has 5 heteroatoms. The van der Waals surface area contributed by atoms with Gasteiger partial charge in [0.15, 0.2) is 0 Å². The quantitative estimate of drug-likeness (QED) is 0.831. The topological polar surface area (TPSA) is 49.8 Å². The molecule has 0 spiro atoms. The highest BCUT2D eigenvalue weighted by Gasteiger charge is 2.27. The third-order valence-corrected chi connectivity index (χ3v) is 3.26. The van der Waals surface area contributed by atoms with E-state index in [1.807, 2.05) is 0 Å². The Kier molecular flexibility index (Phi) is 3.49. The maximum atomic E-state index is 6.02. The summed E-state index contributed by atoms with van der Waals surface area (Å²) in [6.07, 6.45) is 4.34. The summed E-state index contributed by atoms with van der Waals surface area (Å²) in [5, 5.41) is 6.75. The second-order valence-electron chi connectivity index (χ2n) is 4.34. The van der Waals surface area contributed by atoms with Gasteiger partial charge in [-0.05, 0) is 24.7 Å². The Bertz CT molecular complexity index is 365. The van der Waals surface area contributed by atoms with E-state index in [1.54, 1.807) is 13.2 Å². The summed E-state index contributed by atoms with van der Waals surface area (Å²) in [7, 11) is 1.79. The normalized spacial score (nSPS) is 16.9. The molecule has 0 saturated heterocycles.